The van der Waals surface area contributed by atoms with Gasteiger partial charge in [0, 0.05) is 29.1 Å². The van der Waals surface area contributed by atoms with Crippen molar-refractivity contribution in [2.75, 3.05) is 0 Å². The fourth-order valence-corrected chi connectivity index (χ4v) is 4.70. The summed E-state index contributed by atoms with van der Waals surface area (Å²) in [4.78, 5) is 24.7. The van der Waals surface area contributed by atoms with E-state index < -0.39 is 0 Å². The zero-order chi connectivity index (χ0) is 12.6. The van der Waals surface area contributed by atoms with Gasteiger partial charge in [0.2, 0.25) is 0 Å². The van der Waals surface area contributed by atoms with Gasteiger partial charge >= 0.3 is 0 Å². The van der Waals surface area contributed by atoms with Gasteiger partial charge in [-0.3, -0.25) is 9.59 Å². The Morgan fingerprint density at radius 1 is 1.24 bits per heavy atom. The van der Waals surface area contributed by atoms with Crippen molar-refractivity contribution in [3.63, 3.8) is 0 Å². The molecule has 2 nitrogen and oxygen atoms in total. The Balaban J connectivity index is 2.15. The van der Waals surface area contributed by atoms with Crippen molar-refractivity contribution >= 4 is 11.6 Å². The Morgan fingerprint density at radius 2 is 1.88 bits per heavy atom. The van der Waals surface area contributed by atoms with Crippen molar-refractivity contribution in [3.05, 3.63) is 11.6 Å². The highest BCUT2D eigenvalue weighted by Crippen LogP contribution is 2.61. The molecule has 0 N–H and O–H groups in total. The minimum absolute atomic E-state index is 0.0348. The number of allylic oxidation sites excluding steroid dienone is 2. The van der Waals surface area contributed by atoms with Crippen molar-refractivity contribution in [2.24, 2.45) is 28.6 Å². The third kappa shape index (κ3) is 1.22. The van der Waals surface area contributed by atoms with Crippen LogP contribution in [0.15, 0.2) is 11.6 Å². The summed E-state index contributed by atoms with van der Waals surface area (Å²) >= 11 is 0. The minimum atomic E-state index is -0.238. The lowest BCUT2D eigenvalue weighted by Crippen LogP contribution is -2.50. The van der Waals surface area contributed by atoms with E-state index in [0.29, 0.717) is 18.0 Å². The first-order valence-corrected chi connectivity index (χ1v) is 6.53. The molecule has 17 heavy (non-hydrogen) atoms. The van der Waals surface area contributed by atoms with Crippen LogP contribution in [0, 0.1) is 28.6 Å². The maximum atomic E-state index is 12.5. The molecule has 0 radical (unpaired) electrons. The first kappa shape index (κ1) is 11.2. The number of ketones is 2. The zero-order valence-corrected chi connectivity index (χ0v) is 11.0. The van der Waals surface area contributed by atoms with Crippen molar-refractivity contribution in [3.8, 4) is 0 Å². The van der Waals surface area contributed by atoms with Crippen LogP contribution < -0.4 is 0 Å². The molecule has 0 spiro atoms. The molecule has 92 valence electrons. The van der Waals surface area contributed by atoms with Crippen LogP contribution in [0.25, 0.3) is 0 Å². The van der Waals surface area contributed by atoms with E-state index in [1.54, 1.807) is 0 Å². The monoisotopic (exact) mass is 232 g/mol. The number of hydrogen-bond donors (Lipinski definition) is 0. The second kappa shape index (κ2) is 2.90. The predicted molar refractivity (Wildman–Crippen MR) is 65.4 cm³/mol. The SMILES string of the molecule is CC1=C[C@@]2(C)CC(=O)[C@@H]1[C@H]1CC(C)(C)C(=O)[C@H]12. The van der Waals surface area contributed by atoms with Crippen LogP contribution in [0.1, 0.15) is 40.5 Å². The van der Waals surface area contributed by atoms with Crippen molar-refractivity contribution in [1.82, 2.24) is 0 Å². The topological polar surface area (TPSA) is 34.1 Å². The lowest BCUT2D eigenvalue weighted by molar-refractivity contribution is -0.138. The van der Waals surface area contributed by atoms with Gasteiger partial charge in [-0.15, -0.1) is 0 Å². The molecule has 2 fully saturated rings. The molecule has 4 aliphatic rings. The smallest absolute Gasteiger partial charge is 0.142 e. The number of carbonyl (C=O) groups is 2. The minimum Gasteiger partial charge on any atom is -0.299 e. The Labute approximate surface area is 102 Å². The molecule has 0 aromatic rings. The summed E-state index contributed by atoms with van der Waals surface area (Å²) in [5.74, 6) is 1.13. The van der Waals surface area contributed by atoms with E-state index in [1.807, 2.05) is 13.8 Å². The number of Topliss-reactive ketones (excluding diaryl/α,β-unsaturated/α-hetero) is 2. The van der Waals surface area contributed by atoms with Crippen molar-refractivity contribution < 1.29 is 9.59 Å². The van der Waals surface area contributed by atoms with Crippen LogP contribution in [0.2, 0.25) is 0 Å². The van der Waals surface area contributed by atoms with Gasteiger partial charge in [0.05, 0.1) is 0 Å². The molecule has 0 aliphatic heterocycles. The van der Waals surface area contributed by atoms with Crippen LogP contribution in [-0.2, 0) is 9.59 Å². The van der Waals surface area contributed by atoms with Crippen LogP contribution in [0.5, 0.6) is 0 Å². The van der Waals surface area contributed by atoms with Crippen LogP contribution in [0.3, 0.4) is 0 Å². The number of rotatable bonds is 0. The lowest BCUT2D eigenvalue weighted by atomic mass is 9.53. The largest absolute Gasteiger partial charge is 0.299 e. The molecule has 4 aliphatic carbocycles. The molecule has 4 atom stereocenters. The average Bonchev–Trinajstić information content (AvgIpc) is 2.36. The highest BCUT2D eigenvalue weighted by Gasteiger charge is 2.62. The van der Waals surface area contributed by atoms with Crippen LogP contribution in [0.4, 0.5) is 0 Å². The van der Waals surface area contributed by atoms with E-state index in [4.69, 9.17) is 0 Å². The maximum Gasteiger partial charge on any atom is 0.142 e. The molecule has 2 heteroatoms. The van der Waals surface area contributed by atoms with Crippen molar-refractivity contribution in [2.45, 2.75) is 40.5 Å². The molecule has 2 saturated carbocycles. The Bertz CT molecular complexity index is 458. The van der Waals surface area contributed by atoms with E-state index in [9.17, 15) is 9.59 Å². The molecule has 0 amide bonds. The molecule has 4 rings (SSSR count). The maximum absolute atomic E-state index is 12.5. The number of fused-ring (bicyclic) bond motifs is 1. The van der Waals surface area contributed by atoms with Gasteiger partial charge in [0.15, 0.2) is 0 Å². The first-order valence-electron chi connectivity index (χ1n) is 6.53. The van der Waals surface area contributed by atoms with E-state index >= 15 is 0 Å². The predicted octanol–water partition coefficient (Wildman–Crippen LogP) is 2.77. The third-order valence-electron chi connectivity index (χ3n) is 5.21. The van der Waals surface area contributed by atoms with E-state index in [1.165, 1.54) is 5.57 Å². The molecular formula is C15H20O2. The van der Waals surface area contributed by atoms with Gasteiger partial charge in [-0.05, 0) is 19.3 Å². The van der Waals surface area contributed by atoms with Gasteiger partial charge in [-0.2, -0.15) is 0 Å². The number of carbonyl (C=O) groups excluding carboxylic acids is 2. The normalized spacial score (nSPS) is 47.1. The second-order valence-electron chi connectivity index (χ2n) is 7.11. The summed E-state index contributed by atoms with van der Waals surface area (Å²) in [5.41, 5.74) is 0.763. The van der Waals surface area contributed by atoms with Gasteiger partial charge in [-0.1, -0.05) is 32.4 Å². The fourth-order valence-electron chi connectivity index (χ4n) is 4.70. The Morgan fingerprint density at radius 3 is 2.47 bits per heavy atom. The summed E-state index contributed by atoms with van der Waals surface area (Å²) in [6.07, 6.45) is 3.66. The number of hydrogen-bond acceptors (Lipinski definition) is 2. The quantitative estimate of drug-likeness (QED) is 0.602. The van der Waals surface area contributed by atoms with E-state index in [-0.39, 0.29) is 28.6 Å². The molecule has 0 heterocycles. The molecule has 0 saturated heterocycles. The molecule has 0 aromatic carbocycles. The fraction of sp³-hybridized carbons (Fsp3) is 0.733. The van der Waals surface area contributed by atoms with Gasteiger partial charge in [0.1, 0.15) is 11.6 Å². The van der Waals surface area contributed by atoms with Crippen LogP contribution in [-0.4, -0.2) is 11.6 Å². The van der Waals surface area contributed by atoms with E-state index in [2.05, 4.69) is 19.9 Å². The van der Waals surface area contributed by atoms with Gasteiger partial charge in [-0.25, -0.2) is 0 Å². The summed E-state index contributed by atoms with van der Waals surface area (Å²) in [6, 6.07) is 0. The average molecular weight is 232 g/mol. The highest BCUT2D eigenvalue weighted by atomic mass is 16.1. The second-order valence-corrected chi connectivity index (χ2v) is 7.11. The highest BCUT2D eigenvalue weighted by molar-refractivity contribution is 5.96. The summed E-state index contributed by atoms with van der Waals surface area (Å²) in [6.45, 7) is 8.24. The standard InChI is InChI=1S/C15H20O2/c1-8-5-15(4)7-10(16)11(8)9-6-14(2,3)13(17)12(9)15/h5,9,11-12H,6-7H2,1-4H3/t9-,11+,12+,15+/m1/s1. The summed E-state index contributed by atoms with van der Waals surface area (Å²) in [7, 11) is 0. The molecular weight excluding hydrogens is 212 g/mol. The molecule has 0 aromatic heterocycles. The van der Waals surface area contributed by atoms with Gasteiger partial charge < -0.3 is 0 Å². The summed E-state index contributed by atoms with van der Waals surface area (Å²) in [5, 5.41) is 0. The third-order valence-corrected chi connectivity index (χ3v) is 5.21. The zero-order valence-electron chi connectivity index (χ0n) is 11.0. The Hall–Kier alpha value is -0.920. The lowest BCUT2D eigenvalue weighted by Gasteiger charge is -2.49. The first-order chi connectivity index (χ1) is 7.76. The van der Waals surface area contributed by atoms with Crippen LogP contribution >= 0.6 is 0 Å². The molecule has 2 bridgehead atoms. The van der Waals surface area contributed by atoms with Gasteiger partial charge in [0.25, 0.3) is 0 Å². The molecule has 0 unspecified atom stereocenters. The van der Waals surface area contributed by atoms with Crippen molar-refractivity contribution in [1.29, 1.82) is 0 Å². The summed E-state index contributed by atoms with van der Waals surface area (Å²) < 4.78 is 0. The van der Waals surface area contributed by atoms with E-state index in [0.717, 1.165) is 6.42 Å². The Kier molecular flexibility index (Phi) is 1.91.